The maximum atomic E-state index is 4.43. The fourth-order valence-corrected chi connectivity index (χ4v) is 2.31. The minimum absolute atomic E-state index is 0.538. The zero-order chi connectivity index (χ0) is 11.5. The average Bonchev–Trinajstić information content (AvgIpc) is 2.61. The van der Waals surface area contributed by atoms with Gasteiger partial charge in [0.2, 0.25) is 0 Å². The van der Waals surface area contributed by atoms with E-state index in [0.717, 1.165) is 17.6 Å². The molecule has 1 fully saturated rings. The highest BCUT2D eigenvalue weighted by atomic mass is 15.1. The molecule has 0 aliphatic heterocycles. The van der Waals surface area contributed by atoms with Gasteiger partial charge in [0.15, 0.2) is 0 Å². The molecule has 1 aliphatic carbocycles. The molecule has 4 heteroatoms. The molecule has 0 radical (unpaired) electrons. The monoisotopic (exact) mass is 220 g/mol. The van der Waals surface area contributed by atoms with Crippen LogP contribution in [-0.2, 0) is 0 Å². The molecule has 1 saturated carbocycles. The van der Waals surface area contributed by atoms with Crippen molar-refractivity contribution in [3.63, 3.8) is 0 Å². The van der Waals surface area contributed by atoms with E-state index < -0.39 is 0 Å². The Morgan fingerprint density at radius 3 is 2.56 bits per heavy atom. The van der Waals surface area contributed by atoms with Crippen LogP contribution < -0.4 is 10.6 Å². The van der Waals surface area contributed by atoms with E-state index in [2.05, 4.69) is 34.4 Å². The zero-order valence-electron chi connectivity index (χ0n) is 10.2. The van der Waals surface area contributed by atoms with Crippen molar-refractivity contribution in [1.29, 1.82) is 0 Å². The Morgan fingerprint density at radius 1 is 1.19 bits per heavy atom. The Bertz CT molecular complexity index is 353. The first-order valence-corrected chi connectivity index (χ1v) is 5.97. The molecule has 16 heavy (non-hydrogen) atoms. The minimum Gasteiger partial charge on any atom is -0.372 e. The molecule has 2 rings (SSSR count). The lowest BCUT2D eigenvalue weighted by molar-refractivity contribution is 0.435. The van der Waals surface area contributed by atoms with Gasteiger partial charge in [0.25, 0.3) is 0 Å². The van der Waals surface area contributed by atoms with Gasteiger partial charge >= 0.3 is 0 Å². The van der Waals surface area contributed by atoms with Gasteiger partial charge in [-0.25, -0.2) is 4.98 Å². The van der Waals surface area contributed by atoms with E-state index in [4.69, 9.17) is 0 Å². The normalized spacial score (nSPS) is 29.1. The average molecular weight is 220 g/mol. The Labute approximate surface area is 96.9 Å². The summed E-state index contributed by atoms with van der Waals surface area (Å²) >= 11 is 0. The number of rotatable bonds is 3. The lowest BCUT2D eigenvalue weighted by Gasteiger charge is -2.20. The molecule has 2 N–H and O–H groups in total. The van der Waals surface area contributed by atoms with Crippen molar-refractivity contribution in [1.82, 2.24) is 9.97 Å². The van der Waals surface area contributed by atoms with Crippen molar-refractivity contribution < 1.29 is 0 Å². The molecule has 1 aromatic heterocycles. The number of nitrogens with zero attached hydrogens (tertiary/aromatic N) is 2. The highest BCUT2D eigenvalue weighted by Gasteiger charge is 2.29. The van der Waals surface area contributed by atoms with Crippen LogP contribution >= 0.6 is 0 Å². The van der Waals surface area contributed by atoms with Gasteiger partial charge in [0.05, 0.1) is 12.4 Å². The molecule has 0 saturated heterocycles. The van der Waals surface area contributed by atoms with E-state index in [1.54, 1.807) is 12.4 Å². The molecule has 0 amide bonds. The van der Waals surface area contributed by atoms with Gasteiger partial charge in [-0.2, -0.15) is 0 Å². The molecule has 3 unspecified atom stereocenters. The van der Waals surface area contributed by atoms with Gasteiger partial charge in [-0.05, 0) is 24.7 Å². The molecule has 1 aromatic rings. The van der Waals surface area contributed by atoms with Gasteiger partial charge in [-0.1, -0.05) is 13.8 Å². The van der Waals surface area contributed by atoms with Crippen LogP contribution in [-0.4, -0.2) is 23.1 Å². The maximum absolute atomic E-state index is 4.43. The second-order valence-electron chi connectivity index (χ2n) is 4.70. The summed E-state index contributed by atoms with van der Waals surface area (Å²) in [5, 5.41) is 6.48. The Kier molecular flexibility index (Phi) is 3.27. The SMILES string of the molecule is CNc1cncc(NC2CCC(C)C2C)n1. The van der Waals surface area contributed by atoms with Gasteiger partial charge in [-0.3, -0.25) is 4.98 Å². The van der Waals surface area contributed by atoms with E-state index in [9.17, 15) is 0 Å². The number of aromatic nitrogens is 2. The molecule has 3 atom stereocenters. The van der Waals surface area contributed by atoms with Crippen LogP contribution in [0.15, 0.2) is 12.4 Å². The quantitative estimate of drug-likeness (QED) is 0.821. The summed E-state index contributed by atoms with van der Waals surface area (Å²) in [4.78, 5) is 8.58. The maximum Gasteiger partial charge on any atom is 0.147 e. The molecule has 88 valence electrons. The van der Waals surface area contributed by atoms with Crippen molar-refractivity contribution in [2.45, 2.75) is 32.7 Å². The second-order valence-corrected chi connectivity index (χ2v) is 4.70. The molecule has 0 bridgehead atoms. The van der Waals surface area contributed by atoms with E-state index in [-0.39, 0.29) is 0 Å². The molecule has 1 heterocycles. The summed E-state index contributed by atoms with van der Waals surface area (Å²) in [5.74, 6) is 3.19. The summed E-state index contributed by atoms with van der Waals surface area (Å²) < 4.78 is 0. The fourth-order valence-electron chi connectivity index (χ4n) is 2.31. The van der Waals surface area contributed by atoms with Crippen molar-refractivity contribution >= 4 is 11.6 Å². The molecular weight excluding hydrogens is 200 g/mol. The molecule has 0 aromatic carbocycles. The van der Waals surface area contributed by atoms with Crippen LogP contribution in [0.25, 0.3) is 0 Å². The van der Waals surface area contributed by atoms with Crippen LogP contribution in [0, 0.1) is 11.8 Å². The van der Waals surface area contributed by atoms with Crippen LogP contribution in [0.5, 0.6) is 0 Å². The van der Waals surface area contributed by atoms with E-state index >= 15 is 0 Å². The predicted octanol–water partition coefficient (Wildman–Crippen LogP) is 2.36. The predicted molar refractivity (Wildman–Crippen MR) is 66.6 cm³/mol. The summed E-state index contributed by atoms with van der Waals surface area (Å²) in [6.07, 6.45) is 6.05. The number of nitrogens with one attached hydrogen (secondary N) is 2. The molecular formula is C12H20N4. The first kappa shape index (κ1) is 11.2. The third kappa shape index (κ3) is 2.26. The topological polar surface area (TPSA) is 49.8 Å². The van der Waals surface area contributed by atoms with Crippen LogP contribution in [0.1, 0.15) is 26.7 Å². The smallest absolute Gasteiger partial charge is 0.147 e. The zero-order valence-corrected chi connectivity index (χ0v) is 10.2. The highest BCUT2D eigenvalue weighted by Crippen LogP contribution is 2.32. The second kappa shape index (κ2) is 4.68. The van der Waals surface area contributed by atoms with E-state index in [1.807, 2.05) is 7.05 Å². The standard InChI is InChI=1S/C12H20N4/c1-8-4-5-10(9(8)2)15-12-7-14-6-11(13-3)16-12/h6-10H,4-5H2,1-3H3,(H2,13,15,16). The molecule has 0 spiro atoms. The van der Waals surface area contributed by atoms with Crippen molar-refractivity contribution in [2.75, 3.05) is 17.7 Å². The Hall–Kier alpha value is -1.32. The Morgan fingerprint density at radius 2 is 1.94 bits per heavy atom. The van der Waals surface area contributed by atoms with Gasteiger partial charge in [-0.15, -0.1) is 0 Å². The lowest BCUT2D eigenvalue weighted by atomic mass is 9.98. The number of hydrogen-bond donors (Lipinski definition) is 2. The summed E-state index contributed by atoms with van der Waals surface area (Å²) in [5.41, 5.74) is 0. The first-order chi connectivity index (χ1) is 7.70. The number of anilines is 2. The van der Waals surface area contributed by atoms with Crippen LogP contribution in [0.4, 0.5) is 11.6 Å². The third-order valence-corrected chi connectivity index (χ3v) is 3.69. The van der Waals surface area contributed by atoms with Crippen LogP contribution in [0.2, 0.25) is 0 Å². The highest BCUT2D eigenvalue weighted by molar-refractivity contribution is 5.41. The fraction of sp³-hybridized carbons (Fsp3) is 0.667. The van der Waals surface area contributed by atoms with Gasteiger partial charge < -0.3 is 10.6 Å². The Balaban J connectivity index is 2.03. The van der Waals surface area contributed by atoms with E-state index in [0.29, 0.717) is 12.0 Å². The van der Waals surface area contributed by atoms with Gasteiger partial charge in [0, 0.05) is 13.1 Å². The molecule has 4 nitrogen and oxygen atoms in total. The van der Waals surface area contributed by atoms with Crippen molar-refractivity contribution in [3.05, 3.63) is 12.4 Å². The molecule has 1 aliphatic rings. The minimum atomic E-state index is 0.538. The van der Waals surface area contributed by atoms with Crippen LogP contribution in [0.3, 0.4) is 0 Å². The largest absolute Gasteiger partial charge is 0.372 e. The van der Waals surface area contributed by atoms with E-state index in [1.165, 1.54) is 12.8 Å². The number of hydrogen-bond acceptors (Lipinski definition) is 4. The third-order valence-electron chi connectivity index (χ3n) is 3.69. The van der Waals surface area contributed by atoms with Crippen molar-refractivity contribution in [2.24, 2.45) is 11.8 Å². The summed E-state index contributed by atoms with van der Waals surface area (Å²) in [6.45, 7) is 4.63. The van der Waals surface area contributed by atoms with Crippen molar-refractivity contribution in [3.8, 4) is 0 Å². The lowest BCUT2D eigenvalue weighted by Crippen LogP contribution is -2.24. The summed E-state index contributed by atoms with van der Waals surface area (Å²) in [7, 11) is 1.86. The van der Waals surface area contributed by atoms with Gasteiger partial charge in [0.1, 0.15) is 11.6 Å². The first-order valence-electron chi connectivity index (χ1n) is 5.97. The summed E-state index contributed by atoms with van der Waals surface area (Å²) in [6, 6.07) is 0.538.